The zero-order valence-corrected chi connectivity index (χ0v) is 24.6. The van der Waals surface area contributed by atoms with Crippen molar-refractivity contribution in [2.45, 2.75) is 49.5 Å². The molecule has 0 spiro atoms. The summed E-state index contributed by atoms with van der Waals surface area (Å²) in [6.07, 6.45) is -6.85. The van der Waals surface area contributed by atoms with Crippen LogP contribution in [0.3, 0.4) is 0 Å². The lowest BCUT2D eigenvalue weighted by molar-refractivity contribution is -0.0618. The van der Waals surface area contributed by atoms with E-state index in [4.69, 9.17) is 34.7 Å². The molecule has 9 atom stereocenters. The van der Waals surface area contributed by atoms with Crippen molar-refractivity contribution in [3.63, 3.8) is 0 Å². The number of nitrogen functional groups attached to an aromatic ring is 2. The second kappa shape index (κ2) is 12.3. The lowest BCUT2D eigenvalue weighted by Crippen LogP contribution is -2.34. The molecular weight excluding hydrogens is 649 g/mol. The smallest absolute Gasteiger partial charge is 0.394 e. The second-order valence-corrected chi connectivity index (χ2v) is 12.3. The van der Waals surface area contributed by atoms with Gasteiger partial charge in [-0.2, -0.15) is 9.88 Å². The van der Waals surface area contributed by atoms with E-state index in [-0.39, 0.29) is 40.5 Å². The van der Waals surface area contributed by atoms with Crippen LogP contribution in [0.5, 0.6) is 0 Å². The number of aromatic nitrogens is 8. The Balaban J connectivity index is 1.16. The Morgan fingerprint density at radius 3 is 2.64 bits per heavy atom. The molecule has 4 aromatic rings. The van der Waals surface area contributed by atoms with E-state index in [9.17, 15) is 28.8 Å². The molecule has 24 heteroatoms. The number of phosphoric ester groups is 1. The Hall–Kier alpha value is -3.56. The Morgan fingerprint density at radius 1 is 1.13 bits per heavy atom. The van der Waals surface area contributed by atoms with Gasteiger partial charge >= 0.3 is 15.9 Å². The van der Waals surface area contributed by atoms with Crippen molar-refractivity contribution in [3.8, 4) is 0 Å². The number of nitrogens with zero attached hydrogens (tertiary/aromatic N) is 7. The number of halogens is 1. The van der Waals surface area contributed by atoms with Gasteiger partial charge in [-0.05, 0) is 4.57 Å². The number of nitrogens with two attached hydrogens (primary N) is 2. The van der Waals surface area contributed by atoms with Crippen LogP contribution in [0.1, 0.15) is 18.9 Å². The topological polar surface area (TPSA) is 300 Å². The lowest BCUT2D eigenvalue weighted by atomic mass is 10.1. The lowest BCUT2D eigenvalue weighted by Gasteiger charge is -2.22. The van der Waals surface area contributed by atoms with Crippen LogP contribution >= 0.6 is 15.9 Å². The number of ether oxygens (including phenoxy) is 3. The highest BCUT2D eigenvalue weighted by Crippen LogP contribution is 2.49. The van der Waals surface area contributed by atoms with Crippen LogP contribution in [-0.4, -0.2) is 104 Å². The van der Waals surface area contributed by atoms with Gasteiger partial charge in [-0.25, -0.2) is 28.9 Å². The van der Waals surface area contributed by atoms with E-state index in [0.29, 0.717) is 0 Å². The fourth-order valence-corrected chi connectivity index (χ4v) is 6.39. The zero-order valence-electron chi connectivity index (χ0n) is 22.8. The first-order valence-electron chi connectivity index (χ1n) is 13.1. The number of hydrogen-bond donors (Lipinski definition) is 6. The van der Waals surface area contributed by atoms with Crippen molar-refractivity contribution in [2.24, 2.45) is 0 Å². The second-order valence-electron chi connectivity index (χ2n) is 9.94. The molecule has 2 aliphatic heterocycles. The van der Waals surface area contributed by atoms with Gasteiger partial charge in [0.2, 0.25) is 5.95 Å². The summed E-state index contributed by atoms with van der Waals surface area (Å²) in [5, 5.41) is 9.85. The van der Waals surface area contributed by atoms with Crippen molar-refractivity contribution in [2.75, 3.05) is 31.0 Å². The molecule has 45 heavy (non-hydrogen) atoms. The Bertz CT molecular complexity index is 1840. The van der Waals surface area contributed by atoms with Gasteiger partial charge in [0, 0.05) is 6.42 Å². The molecule has 2 fully saturated rings. The molecule has 0 amide bonds. The molecule has 6 rings (SSSR count). The number of nitrogens with one attached hydrogen (secondary N) is 1. The first-order valence-corrected chi connectivity index (χ1v) is 16.0. The van der Waals surface area contributed by atoms with Crippen LogP contribution in [0.4, 0.5) is 16.2 Å². The van der Waals surface area contributed by atoms with E-state index in [1.807, 2.05) is 0 Å². The number of alkyl halides is 1. The molecule has 0 radical (unpaired) electrons. The predicted octanol–water partition coefficient (Wildman–Crippen LogP) is -0.781. The van der Waals surface area contributed by atoms with Gasteiger partial charge in [-0.1, -0.05) is 0 Å². The standard InChI is InChI=1S/C21H25FN10O11P2/c22-12-15(39-7-44(35)36)10(42-20(12)32-6-27-13-16(23)25-4-26-17(13)32)3-40-45(37,38)43-8-1-11(41-9(8)2-33)31-5-28-14-18(31)29-21(24)30-19(14)34/h4-6,8-12,15,20,33H,1-3,7H2,(H6-,23,24,25,26,29,30,34,35,36,37,38)/p+1/t8-,9-,10-,11-,12?,15+,20-/m1/s1. The van der Waals surface area contributed by atoms with Crippen LogP contribution < -0.4 is 17.0 Å². The molecular formula is C21H26FN10O11P2+. The first kappa shape index (κ1) is 31.4. The number of aliphatic hydroxyl groups is 1. The molecule has 21 nitrogen and oxygen atoms in total. The summed E-state index contributed by atoms with van der Waals surface area (Å²) in [6.45, 7) is -1.39. The number of imidazole rings is 2. The van der Waals surface area contributed by atoms with Crippen molar-refractivity contribution in [1.82, 2.24) is 39.0 Å². The van der Waals surface area contributed by atoms with Gasteiger partial charge < -0.3 is 35.7 Å². The fraction of sp³-hybridized carbons (Fsp3) is 0.524. The molecule has 0 aliphatic carbocycles. The molecule has 4 aromatic heterocycles. The van der Waals surface area contributed by atoms with Gasteiger partial charge in [-0.15, -0.1) is 0 Å². The number of fused-ring (bicyclic) bond motifs is 2. The van der Waals surface area contributed by atoms with Crippen LogP contribution in [0, 0.1) is 0 Å². The van der Waals surface area contributed by atoms with E-state index in [1.165, 1.54) is 21.8 Å². The third-order valence-corrected chi connectivity index (χ3v) is 8.48. The minimum absolute atomic E-state index is 0.0305. The predicted molar refractivity (Wildman–Crippen MR) is 147 cm³/mol. The number of hydrogen-bond acceptors (Lipinski definition) is 16. The van der Waals surface area contributed by atoms with E-state index in [1.54, 1.807) is 0 Å². The summed E-state index contributed by atoms with van der Waals surface area (Å²) in [4.78, 5) is 54.2. The average Bonchev–Trinajstić information content (AvgIpc) is 3.75. The van der Waals surface area contributed by atoms with Gasteiger partial charge in [0.1, 0.15) is 42.5 Å². The summed E-state index contributed by atoms with van der Waals surface area (Å²) in [5.74, 6) is -0.143. The van der Waals surface area contributed by atoms with Crippen LogP contribution in [0.25, 0.3) is 22.3 Å². The van der Waals surface area contributed by atoms with E-state index in [2.05, 4.69) is 29.9 Å². The fourth-order valence-electron chi connectivity index (χ4n) is 5.13. The van der Waals surface area contributed by atoms with E-state index >= 15 is 4.39 Å². The largest absolute Gasteiger partial charge is 0.534 e. The minimum Gasteiger partial charge on any atom is -0.394 e. The summed E-state index contributed by atoms with van der Waals surface area (Å²) in [5.41, 5.74) is 11.2. The van der Waals surface area contributed by atoms with Crippen molar-refractivity contribution < 1.29 is 51.7 Å². The highest BCUT2D eigenvalue weighted by molar-refractivity contribution is 7.47. The van der Waals surface area contributed by atoms with Crippen LogP contribution in [-0.2, 0) is 32.4 Å². The van der Waals surface area contributed by atoms with Crippen molar-refractivity contribution in [1.29, 1.82) is 0 Å². The SMILES string of the molecule is Nc1nc2c(ncn2[C@H]2C[C@@H](OP(=O)(O)OC[C@H]3O[C@@H](n4cnc5c(N)ncnc54)C(F)[C@H]3OC[P+](=O)O)[C@@H](CO)O2)c(=O)[nH]1. The van der Waals surface area contributed by atoms with E-state index < -0.39 is 84.0 Å². The van der Waals surface area contributed by atoms with Gasteiger partial charge in [0.25, 0.3) is 11.9 Å². The Morgan fingerprint density at radius 2 is 1.89 bits per heavy atom. The molecule has 6 heterocycles. The maximum absolute atomic E-state index is 15.7. The summed E-state index contributed by atoms with van der Waals surface area (Å²) in [6, 6.07) is 0. The van der Waals surface area contributed by atoms with Crippen molar-refractivity contribution in [3.05, 3.63) is 29.3 Å². The quantitative estimate of drug-likeness (QED) is 0.106. The average molecular weight is 675 g/mol. The minimum atomic E-state index is -4.95. The summed E-state index contributed by atoms with van der Waals surface area (Å²) < 4.78 is 69.8. The van der Waals surface area contributed by atoms with Gasteiger partial charge in [0.05, 0.1) is 25.9 Å². The maximum Gasteiger partial charge on any atom is 0.534 e. The Kier molecular flexibility index (Phi) is 8.61. The highest BCUT2D eigenvalue weighted by atomic mass is 31.2. The normalized spacial score (nSPS) is 28.6. The van der Waals surface area contributed by atoms with E-state index in [0.717, 1.165) is 6.33 Å². The summed E-state index contributed by atoms with van der Waals surface area (Å²) >= 11 is 0. The molecule has 2 saturated heterocycles. The molecule has 2 aliphatic rings. The number of anilines is 2. The molecule has 242 valence electrons. The highest BCUT2D eigenvalue weighted by Gasteiger charge is 2.50. The number of rotatable bonds is 11. The maximum atomic E-state index is 15.7. The first-order chi connectivity index (χ1) is 21.5. The number of H-pyrrole nitrogens is 1. The molecule has 0 bridgehead atoms. The molecule has 3 unspecified atom stereocenters. The van der Waals surface area contributed by atoms with Crippen LogP contribution in [0.2, 0.25) is 0 Å². The summed E-state index contributed by atoms with van der Waals surface area (Å²) in [7, 11) is -7.77. The van der Waals surface area contributed by atoms with Crippen molar-refractivity contribution >= 4 is 49.9 Å². The van der Waals surface area contributed by atoms with Gasteiger partial charge in [0.15, 0.2) is 35.0 Å². The number of aromatic amines is 1. The number of phosphoric acid groups is 1. The molecule has 0 aromatic carbocycles. The zero-order chi connectivity index (χ0) is 32.0. The molecule has 0 saturated carbocycles. The monoisotopic (exact) mass is 675 g/mol. The Labute approximate surface area is 250 Å². The van der Waals surface area contributed by atoms with Crippen LogP contribution in [0.15, 0.2) is 23.8 Å². The third-order valence-electron chi connectivity index (χ3n) is 7.10. The third kappa shape index (κ3) is 6.17. The number of aliphatic hydroxyl groups excluding tert-OH is 1. The van der Waals surface area contributed by atoms with Gasteiger partial charge in [-0.3, -0.25) is 28.0 Å². The molecule has 8 N–H and O–H groups in total.